The first-order valence-electron chi connectivity index (χ1n) is 9.72. The Morgan fingerprint density at radius 2 is 1.93 bits per heavy atom. The molecule has 1 unspecified atom stereocenters. The van der Waals surface area contributed by atoms with Gasteiger partial charge < -0.3 is 18.8 Å². The molecule has 6 heteroatoms. The zero-order valence-corrected chi connectivity index (χ0v) is 16.6. The van der Waals surface area contributed by atoms with Crippen molar-refractivity contribution in [3.05, 3.63) is 77.5 Å². The minimum absolute atomic E-state index is 0.0585. The number of nitrogens with zero attached hydrogens (tertiary/aromatic N) is 2. The Labute approximate surface area is 170 Å². The van der Waals surface area contributed by atoms with Crippen molar-refractivity contribution in [2.45, 2.75) is 31.9 Å². The third-order valence-electron chi connectivity index (χ3n) is 5.32. The first-order valence-corrected chi connectivity index (χ1v) is 9.72. The van der Waals surface area contributed by atoms with E-state index in [1.165, 1.54) is 17.4 Å². The maximum Gasteiger partial charge on any atom is 0.276 e. The van der Waals surface area contributed by atoms with Crippen LogP contribution in [0.5, 0.6) is 11.5 Å². The maximum atomic E-state index is 13.0. The number of hydrogen-bond donors (Lipinski definition) is 0. The van der Waals surface area contributed by atoms with Gasteiger partial charge >= 0.3 is 0 Å². The number of carbonyl (C=O) groups excluding carboxylic acids is 1. The van der Waals surface area contributed by atoms with E-state index in [0.29, 0.717) is 17.3 Å². The van der Waals surface area contributed by atoms with Crippen LogP contribution in [0.1, 0.15) is 46.4 Å². The molecule has 1 heterocycles. The largest absolute Gasteiger partial charge is 0.497 e. The molecule has 150 valence electrons. The maximum absolute atomic E-state index is 13.0. The predicted molar refractivity (Wildman–Crippen MR) is 108 cm³/mol. The Hall–Kier alpha value is -3.28. The van der Waals surface area contributed by atoms with Gasteiger partial charge in [0.05, 0.1) is 13.2 Å². The van der Waals surface area contributed by atoms with E-state index in [-0.39, 0.29) is 18.6 Å². The summed E-state index contributed by atoms with van der Waals surface area (Å²) in [6.45, 7) is 0.148. The topological polar surface area (TPSA) is 64.8 Å². The number of rotatable bonds is 6. The highest BCUT2D eigenvalue weighted by Gasteiger charge is 2.28. The van der Waals surface area contributed by atoms with E-state index in [4.69, 9.17) is 13.9 Å². The summed E-state index contributed by atoms with van der Waals surface area (Å²) in [6, 6.07) is 15.6. The van der Waals surface area contributed by atoms with E-state index in [2.05, 4.69) is 23.2 Å². The Morgan fingerprint density at radius 1 is 1.17 bits per heavy atom. The van der Waals surface area contributed by atoms with Crippen LogP contribution in [0.3, 0.4) is 0 Å². The molecule has 0 aliphatic heterocycles. The van der Waals surface area contributed by atoms with Gasteiger partial charge in [0, 0.05) is 7.05 Å². The molecule has 2 aromatic carbocycles. The number of hydrogen-bond acceptors (Lipinski definition) is 5. The van der Waals surface area contributed by atoms with Crippen molar-refractivity contribution in [1.29, 1.82) is 0 Å². The van der Waals surface area contributed by atoms with Gasteiger partial charge in [-0.15, -0.1) is 0 Å². The number of methoxy groups -OCH3 is 1. The lowest BCUT2D eigenvalue weighted by atomic mass is 9.87. The highest BCUT2D eigenvalue weighted by molar-refractivity contribution is 5.92. The number of oxazole rings is 1. The van der Waals surface area contributed by atoms with Gasteiger partial charge in [0.25, 0.3) is 5.91 Å². The SMILES string of the molecule is COc1ccc(OCc2nc(C(=O)N(C)C3CCCc4ccccc43)co2)cc1. The van der Waals surface area contributed by atoms with Gasteiger partial charge in [-0.25, -0.2) is 4.98 Å². The summed E-state index contributed by atoms with van der Waals surface area (Å²) in [7, 11) is 3.45. The third-order valence-corrected chi connectivity index (χ3v) is 5.32. The standard InChI is InChI=1S/C23H24N2O4/c1-25(21-9-5-7-16-6-3-4-8-19(16)21)23(26)20-14-29-22(24-20)15-28-18-12-10-17(27-2)11-13-18/h3-4,6,8,10-14,21H,5,7,9,15H2,1-2H3. The molecule has 0 radical (unpaired) electrons. The average Bonchev–Trinajstić information content (AvgIpc) is 3.25. The van der Waals surface area contributed by atoms with E-state index >= 15 is 0 Å². The van der Waals surface area contributed by atoms with Crippen LogP contribution in [0, 0.1) is 0 Å². The molecule has 29 heavy (non-hydrogen) atoms. The summed E-state index contributed by atoms with van der Waals surface area (Å²) in [5.41, 5.74) is 2.84. The number of aromatic nitrogens is 1. The molecule has 1 amide bonds. The quantitative estimate of drug-likeness (QED) is 0.622. The number of ether oxygens (including phenoxy) is 2. The van der Waals surface area contributed by atoms with Gasteiger partial charge in [0.2, 0.25) is 5.89 Å². The summed E-state index contributed by atoms with van der Waals surface area (Å²) in [6.07, 6.45) is 4.48. The summed E-state index contributed by atoms with van der Waals surface area (Å²) < 4.78 is 16.2. The Bertz CT molecular complexity index is 981. The molecular formula is C23H24N2O4. The molecule has 4 rings (SSSR count). The highest BCUT2D eigenvalue weighted by atomic mass is 16.5. The minimum atomic E-state index is -0.147. The summed E-state index contributed by atoms with van der Waals surface area (Å²) in [5.74, 6) is 1.65. The zero-order valence-electron chi connectivity index (χ0n) is 16.6. The van der Waals surface area contributed by atoms with Gasteiger partial charge in [-0.2, -0.15) is 0 Å². The van der Waals surface area contributed by atoms with Crippen molar-refractivity contribution >= 4 is 5.91 Å². The highest BCUT2D eigenvalue weighted by Crippen LogP contribution is 2.34. The second kappa shape index (κ2) is 8.39. The van der Waals surface area contributed by atoms with Crippen LogP contribution >= 0.6 is 0 Å². The van der Waals surface area contributed by atoms with Gasteiger partial charge in [0.1, 0.15) is 17.8 Å². The molecule has 1 atom stereocenters. The van der Waals surface area contributed by atoms with Crippen molar-refractivity contribution in [1.82, 2.24) is 9.88 Å². The van der Waals surface area contributed by atoms with Crippen LogP contribution in [0.25, 0.3) is 0 Å². The smallest absolute Gasteiger partial charge is 0.276 e. The van der Waals surface area contributed by atoms with Crippen LogP contribution in [-0.2, 0) is 13.0 Å². The second-order valence-corrected chi connectivity index (χ2v) is 7.11. The number of aryl methyl sites for hydroxylation is 1. The Balaban J connectivity index is 1.41. The third kappa shape index (κ3) is 4.11. The molecule has 3 aromatic rings. The monoisotopic (exact) mass is 392 g/mol. The van der Waals surface area contributed by atoms with Crippen LogP contribution in [0.2, 0.25) is 0 Å². The molecule has 6 nitrogen and oxygen atoms in total. The average molecular weight is 392 g/mol. The molecule has 0 saturated carbocycles. The lowest BCUT2D eigenvalue weighted by molar-refractivity contribution is 0.0709. The van der Waals surface area contributed by atoms with Crippen molar-refractivity contribution in [3.63, 3.8) is 0 Å². The van der Waals surface area contributed by atoms with Gasteiger partial charge in [-0.1, -0.05) is 24.3 Å². The van der Waals surface area contributed by atoms with Gasteiger partial charge in [0.15, 0.2) is 12.3 Å². The fourth-order valence-corrected chi connectivity index (χ4v) is 3.75. The normalized spacial score (nSPS) is 15.4. The van der Waals surface area contributed by atoms with Crippen molar-refractivity contribution in [2.75, 3.05) is 14.2 Å². The minimum Gasteiger partial charge on any atom is -0.497 e. The number of carbonyl (C=O) groups is 1. The molecule has 0 bridgehead atoms. The number of benzene rings is 2. The Morgan fingerprint density at radius 3 is 2.72 bits per heavy atom. The summed E-state index contributed by atoms with van der Waals surface area (Å²) >= 11 is 0. The number of fused-ring (bicyclic) bond motifs is 1. The van der Waals surface area contributed by atoms with Crippen molar-refractivity contribution in [3.8, 4) is 11.5 Å². The fraction of sp³-hybridized carbons (Fsp3) is 0.304. The van der Waals surface area contributed by atoms with Gasteiger partial charge in [-0.3, -0.25) is 4.79 Å². The van der Waals surface area contributed by atoms with E-state index in [1.807, 2.05) is 37.4 Å². The lowest BCUT2D eigenvalue weighted by Crippen LogP contribution is -2.33. The fourth-order valence-electron chi connectivity index (χ4n) is 3.75. The van der Waals surface area contributed by atoms with E-state index in [0.717, 1.165) is 25.0 Å². The van der Waals surface area contributed by atoms with E-state index in [9.17, 15) is 4.79 Å². The second-order valence-electron chi connectivity index (χ2n) is 7.11. The summed E-state index contributed by atoms with van der Waals surface area (Å²) in [5, 5.41) is 0. The van der Waals surface area contributed by atoms with E-state index in [1.54, 1.807) is 12.0 Å². The number of amides is 1. The zero-order chi connectivity index (χ0) is 20.2. The summed E-state index contributed by atoms with van der Waals surface area (Å²) in [4.78, 5) is 19.1. The predicted octanol–water partition coefficient (Wildman–Crippen LogP) is 4.41. The van der Waals surface area contributed by atoms with Crippen LogP contribution in [0.4, 0.5) is 0 Å². The van der Waals surface area contributed by atoms with Crippen molar-refractivity contribution in [2.24, 2.45) is 0 Å². The first-order chi connectivity index (χ1) is 14.2. The van der Waals surface area contributed by atoms with Crippen molar-refractivity contribution < 1.29 is 18.7 Å². The first kappa shape index (κ1) is 19.1. The molecule has 1 aromatic heterocycles. The molecular weight excluding hydrogens is 368 g/mol. The molecule has 1 aliphatic rings. The molecule has 0 spiro atoms. The van der Waals surface area contributed by atoms with Crippen LogP contribution in [0.15, 0.2) is 59.2 Å². The van der Waals surface area contributed by atoms with Crippen LogP contribution < -0.4 is 9.47 Å². The van der Waals surface area contributed by atoms with Crippen LogP contribution in [-0.4, -0.2) is 29.9 Å². The molecule has 0 fully saturated rings. The molecule has 0 saturated heterocycles. The molecule has 1 aliphatic carbocycles. The van der Waals surface area contributed by atoms with E-state index < -0.39 is 0 Å². The lowest BCUT2D eigenvalue weighted by Gasteiger charge is -2.32. The Kier molecular flexibility index (Phi) is 5.51. The molecule has 0 N–H and O–H groups in total. The van der Waals surface area contributed by atoms with Gasteiger partial charge in [-0.05, 0) is 54.7 Å².